The van der Waals surface area contributed by atoms with Crippen molar-refractivity contribution in [2.45, 2.75) is 58.2 Å². The Morgan fingerprint density at radius 2 is 1.30 bits per heavy atom. The van der Waals surface area contributed by atoms with Crippen LogP contribution in [0.5, 0.6) is 0 Å². The van der Waals surface area contributed by atoms with E-state index < -0.39 is 60.2 Å². The van der Waals surface area contributed by atoms with Gasteiger partial charge in [0.1, 0.15) is 24.6 Å². The molecule has 0 amide bonds. The molecule has 10 heteroatoms. The van der Waals surface area contributed by atoms with E-state index in [4.69, 9.17) is 23.7 Å². The molecule has 1 saturated heterocycles. The molecule has 1 fully saturated rings. The van der Waals surface area contributed by atoms with E-state index in [9.17, 15) is 23.6 Å². The molecule has 1 aromatic carbocycles. The van der Waals surface area contributed by atoms with Crippen LogP contribution < -0.4 is 0 Å². The number of carbonyl (C=O) groups is 4. The highest BCUT2D eigenvalue weighted by molar-refractivity contribution is 5.68. The van der Waals surface area contributed by atoms with Crippen molar-refractivity contribution in [1.82, 2.24) is 0 Å². The number of carbonyl (C=O) groups excluding carboxylic acids is 4. The van der Waals surface area contributed by atoms with Crippen LogP contribution in [0.4, 0.5) is 4.39 Å². The van der Waals surface area contributed by atoms with E-state index in [1.165, 1.54) is 31.2 Å². The number of halogens is 1. The van der Waals surface area contributed by atoms with Crippen molar-refractivity contribution >= 4 is 23.9 Å². The second-order valence-electron chi connectivity index (χ2n) is 6.67. The van der Waals surface area contributed by atoms with Gasteiger partial charge in [0.15, 0.2) is 18.3 Å². The number of hydrogen-bond acceptors (Lipinski definition) is 9. The molecule has 1 aliphatic rings. The van der Waals surface area contributed by atoms with Gasteiger partial charge in [-0.3, -0.25) is 19.2 Å². The minimum absolute atomic E-state index is 0.324. The van der Waals surface area contributed by atoms with Gasteiger partial charge in [-0.2, -0.15) is 0 Å². The predicted octanol–water partition coefficient (Wildman–Crippen LogP) is 1.62. The third kappa shape index (κ3) is 6.24. The first kappa shape index (κ1) is 23.3. The fourth-order valence-electron chi connectivity index (χ4n) is 3.15. The van der Waals surface area contributed by atoms with Crippen molar-refractivity contribution in [1.29, 1.82) is 0 Å². The van der Waals surface area contributed by atoms with Crippen molar-refractivity contribution in [2.75, 3.05) is 6.61 Å². The van der Waals surface area contributed by atoms with Gasteiger partial charge < -0.3 is 23.7 Å². The zero-order valence-electron chi connectivity index (χ0n) is 17.0. The smallest absolute Gasteiger partial charge is 0.303 e. The highest BCUT2D eigenvalue weighted by Gasteiger charge is 2.52. The first-order valence-corrected chi connectivity index (χ1v) is 9.14. The van der Waals surface area contributed by atoms with E-state index in [1.807, 2.05) is 0 Å². The van der Waals surface area contributed by atoms with E-state index in [1.54, 1.807) is 0 Å². The average Bonchev–Trinajstić information content (AvgIpc) is 2.63. The van der Waals surface area contributed by atoms with Gasteiger partial charge in [-0.25, -0.2) is 4.39 Å². The molecule has 0 radical (unpaired) electrons. The lowest BCUT2D eigenvalue weighted by Crippen LogP contribution is -2.59. The molecule has 0 aromatic heterocycles. The Hall–Kier alpha value is -3.01. The number of rotatable bonds is 6. The van der Waals surface area contributed by atoms with Gasteiger partial charge in [0.2, 0.25) is 0 Å². The van der Waals surface area contributed by atoms with Crippen molar-refractivity contribution < 1.29 is 47.3 Å². The SMILES string of the molecule is CC(=O)OC[C@H]1O[C@H](c2ccc(F)cc2)[C@@H](OC(C)=O)[C@@H](OC(C)=O)[C@@H]1OC(C)=O. The number of ether oxygens (including phenoxy) is 5. The van der Waals surface area contributed by atoms with Crippen LogP contribution >= 0.6 is 0 Å². The molecule has 1 heterocycles. The van der Waals surface area contributed by atoms with E-state index >= 15 is 0 Å². The summed E-state index contributed by atoms with van der Waals surface area (Å²) in [5, 5.41) is 0. The second-order valence-corrected chi connectivity index (χ2v) is 6.67. The molecule has 2 rings (SSSR count). The van der Waals surface area contributed by atoms with Crippen LogP contribution in [-0.4, -0.2) is 54.9 Å². The molecule has 0 bridgehead atoms. The van der Waals surface area contributed by atoms with Crippen molar-refractivity contribution in [3.05, 3.63) is 35.6 Å². The number of esters is 4. The first-order chi connectivity index (χ1) is 14.1. The van der Waals surface area contributed by atoms with Crippen LogP contribution in [0.1, 0.15) is 39.4 Å². The van der Waals surface area contributed by atoms with Crippen LogP contribution in [0.15, 0.2) is 24.3 Å². The maximum atomic E-state index is 13.4. The molecule has 0 unspecified atom stereocenters. The standard InChI is InChI=1S/C20H23FO9/c1-10(22)26-9-16-18(27-11(2)23)20(29-13(4)25)19(28-12(3)24)17(30-16)14-5-7-15(21)8-6-14/h5-8,16-20H,9H2,1-4H3/t16-,17-,18-,19-,20+/m1/s1. The Kier molecular flexibility index (Phi) is 7.87. The van der Waals surface area contributed by atoms with Crippen molar-refractivity contribution in [3.63, 3.8) is 0 Å². The summed E-state index contributed by atoms with van der Waals surface area (Å²) in [4.78, 5) is 46.5. The van der Waals surface area contributed by atoms with Gasteiger partial charge in [0.25, 0.3) is 0 Å². The highest BCUT2D eigenvalue weighted by Crippen LogP contribution is 2.37. The Balaban J connectivity index is 2.51. The first-order valence-electron chi connectivity index (χ1n) is 9.14. The molecular formula is C20H23FO9. The highest BCUT2D eigenvalue weighted by atomic mass is 19.1. The van der Waals surface area contributed by atoms with Gasteiger partial charge in [-0.15, -0.1) is 0 Å². The summed E-state index contributed by atoms with van der Waals surface area (Å²) in [6, 6.07) is 5.19. The fraction of sp³-hybridized carbons (Fsp3) is 0.500. The molecular weight excluding hydrogens is 403 g/mol. The maximum absolute atomic E-state index is 13.4. The summed E-state index contributed by atoms with van der Waals surface area (Å²) >= 11 is 0. The molecule has 1 aromatic rings. The molecule has 164 valence electrons. The maximum Gasteiger partial charge on any atom is 0.303 e. The zero-order valence-corrected chi connectivity index (χ0v) is 17.0. The second kappa shape index (κ2) is 10.1. The molecule has 1 aliphatic heterocycles. The molecule has 30 heavy (non-hydrogen) atoms. The largest absolute Gasteiger partial charge is 0.463 e. The lowest BCUT2D eigenvalue weighted by Gasteiger charge is -2.44. The predicted molar refractivity (Wildman–Crippen MR) is 97.3 cm³/mol. The van der Waals surface area contributed by atoms with Gasteiger partial charge in [0, 0.05) is 27.7 Å². The van der Waals surface area contributed by atoms with E-state index in [0.29, 0.717) is 5.56 Å². The Bertz CT molecular complexity index is 792. The summed E-state index contributed by atoms with van der Waals surface area (Å²) in [6.07, 6.45) is -5.78. The monoisotopic (exact) mass is 426 g/mol. The molecule has 0 N–H and O–H groups in total. The van der Waals surface area contributed by atoms with Crippen molar-refractivity contribution in [2.24, 2.45) is 0 Å². The van der Waals surface area contributed by atoms with Gasteiger partial charge in [0.05, 0.1) is 0 Å². The van der Waals surface area contributed by atoms with Crippen LogP contribution in [-0.2, 0) is 42.9 Å². The van der Waals surface area contributed by atoms with E-state index in [-0.39, 0.29) is 6.61 Å². The van der Waals surface area contributed by atoms with Crippen molar-refractivity contribution in [3.8, 4) is 0 Å². The minimum Gasteiger partial charge on any atom is -0.463 e. The fourth-order valence-corrected chi connectivity index (χ4v) is 3.15. The summed E-state index contributed by atoms with van der Waals surface area (Å²) in [5.41, 5.74) is 0.411. The minimum atomic E-state index is -1.26. The summed E-state index contributed by atoms with van der Waals surface area (Å²) in [5.74, 6) is -3.24. The third-order valence-electron chi connectivity index (χ3n) is 4.19. The topological polar surface area (TPSA) is 114 Å². The van der Waals surface area contributed by atoms with E-state index in [2.05, 4.69) is 0 Å². The number of benzene rings is 1. The Morgan fingerprint density at radius 3 is 1.80 bits per heavy atom. The van der Waals surface area contributed by atoms with Crippen LogP contribution in [0.2, 0.25) is 0 Å². The van der Waals surface area contributed by atoms with Crippen LogP contribution in [0.25, 0.3) is 0 Å². The molecule has 0 aliphatic carbocycles. The molecule has 5 atom stereocenters. The van der Waals surface area contributed by atoms with Crippen LogP contribution in [0, 0.1) is 5.82 Å². The van der Waals surface area contributed by atoms with E-state index in [0.717, 1.165) is 20.8 Å². The van der Waals surface area contributed by atoms with Gasteiger partial charge in [-0.1, -0.05) is 12.1 Å². The Morgan fingerprint density at radius 1 is 0.800 bits per heavy atom. The summed E-state index contributed by atoms with van der Waals surface area (Å²) in [7, 11) is 0. The summed E-state index contributed by atoms with van der Waals surface area (Å²) in [6.45, 7) is 4.29. The molecule has 9 nitrogen and oxygen atoms in total. The molecule has 0 saturated carbocycles. The zero-order chi connectivity index (χ0) is 22.4. The van der Waals surface area contributed by atoms with Crippen LogP contribution in [0.3, 0.4) is 0 Å². The van der Waals surface area contributed by atoms with Gasteiger partial charge in [-0.05, 0) is 17.7 Å². The quantitative estimate of drug-likeness (QED) is 0.494. The molecule has 0 spiro atoms. The lowest BCUT2D eigenvalue weighted by molar-refractivity contribution is -0.254. The Labute approximate surface area is 172 Å². The third-order valence-corrected chi connectivity index (χ3v) is 4.19. The summed E-state index contributed by atoms with van der Waals surface area (Å²) < 4.78 is 40.3. The average molecular weight is 426 g/mol. The lowest BCUT2D eigenvalue weighted by atomic mass is 9.90. The van der Waals surface area contributed by atoms with Gasteiger partial charge >= 0.3 is 23.9 Å². The normalized spacial score (nSPS) is 25.7. The number of hydrogen-bond donors (Lipinski definition) is 0.